The van der Waals surface area contributed by atoms with Gasteiger partial charge in [-0.1, -0.05) is 0 Å². The van der Waals surface area contributed by atoms with E-state index in [1.165, 1.54) is 0 Å². The van der Waals surface area contributed by atoms with Gasteiger partial charge in [0.05, 0.1) is 18.5 Å². The van der Waals surface area contributed by atoms with Gasteiger partial charge in [-0.05, 0) is 13.0 Å². The molecule has 1 aromatic heterocycles. The Morgan fingerprint density at radius 3 is 2.87 bits per heavy atom. The van der Waals surface area contributed by atoms with E-state index in [4.69, 9.17) is 10.6 Å². The topological polar surface area (TPSA) is 84.6 Å². The minimum atomic E-state index is 0.473. The Balaban J connectivity index is 2.64. The van der Waals surface area contributed by atoms with Crippen molar-refractivity contribution in [1.29, 1.82) is 0 Å². The zero-order valence-electron chi connectivity index (χ0n) is 8.82. The fourth-order valence-corrected chi connectivity index (χ4v) is 0.981. The summed E-state index contributed by atoms with van der Waals surface area (Å²) in [5.41, 5.74) is 3.21. The molecule has 0 unspecified atom stereocenters. The van der Waals surface area contributed by atoms with Crippen molar-refractivity contribution in [2.24, 2.45) is 10.8 Å². The predicted octanol–water partition coefficient (Wildman–Crippen LogP) is 0.341. The maximum absolute atomic E-state index is 5.22. The van der Waals surface area contributed by atoms with Gasteiger partial charge in [0.25, 0.3) is 0 Å². The van der Waals surface area contributed by atoms with Crippen LogP contribution in [0.5, 0.6) is 5.88 Å². The third-order valence-corrected chi connectivity index (χ3v) is 1.65. The molecular formula is C9H15N5O. The molecule has 0 aliphatic carbocycles. The largest absolute Gasteiger partial charge is 0.478 e. The average molecular weight is 209 g/mol. The molecule has 0 radical (unpaired) electrons. The lowest BCUT2D eigenvalue weighted by molar-refractivity contribution is 0.327. The Hall–Kier alpha value is -1.82. The highest BCUT2D eigenvalue weighted by Crippen LogP contribution is 2.10. The molecule has 6 heteroatoms. The summed E-state index contributed by atoms with van der Waals surface area (Å²) in [5.74, 6) is 6.29. The molecule has 0 saturated carbocycles. The van der Waals surface area contributed by atoms with Gasteiger partial charge in [0, 0.05) is 13.1 Å². The highest BCUT2D eigenvalue weighted by atomic mass is 16.5. The van der Waals surface area contributed by atoms with E-state index in [2.05, 4.69) is 20.7 Å². The van der Waals surface area contributed by atoms with Crippen molar-refractivity contribution in [1.82, 2.24) is 10.4 Å². The minimum Gasteiger partial charge on any atom is -0.478 e. The van der Waals surface area contributed by atoms with Crippen molar-refractivity contribution in [2.75, 3.05) is 19.0 Å². The van der Waals surface area contributed by atoms with E-state index in [1.807, 2.05) is 13.0 Å². The van der Waals surface area contributed by atoms with E-state index >= 15 is 0 Å². The second-order valence-corrected chi connectivity index (χ2v) is 2.66. The van der Waals surface area contributed by atoms with Crippen LogP contribution in [0.4, 0.5) is 5.69 Å². The van der Waals surface area contributed by atoms with Crippen molar-refractivity contribution in [2.45, 2.75) is 6.92 Å². The zero-order chi connectivity index (χ0) is 11.1. The molecule has 0 aliphatic rings. The van der Waals surface area contributed by atoms with Gasteiger partial charge in [-0.15, -0.1) is 0 Å². The normalized spacial score (nSPS) is 11.0. The first-order chi connectivity index (χ1) is 7.30. The number of nitrogens with zero attached hydrogens (tertiary/aromatic N) is 2. The molecule has 0 aliphatic heterocycles. The van der Waals surface area contributed by atoms with Gasteiger partial charge in [-0.25, -0.2) is 10.8 Å². The molecule has 0 atom stereocenters. The summed E-state index contributed by atoms with van der Waals surface area (Å²) >= 11 is 0. The van der Waals surface area contributed by atoms with Crippen molar-refractivity contribution in [3.63, 3.8) is 0 Å². The van der Waals surface area contributed by atoms with Gasteiger partial charge >= 0.3 is 0 Å². The van der Waals surface area contributed by atoms with Gasteiger partial charge < -0.3 is 10.1 Å². The lowest BCUT2D eigenvalue weighted by Gasteiger charge is -2.08. The van der Waals surface area contributed by atoms with Crippen LogP contribution in [0.25, 0.3) is 0 Å². The first-order valence-electron chi connectivity index (χ1n) is 4.59. The van der Waals surface area contributed by atoms with Crippen LogP contribution in [-0.4, -0.2) is 24.6 Å². The molecule has 0 aromatic carbocycles. The summed E-state index contributed by atoms with van der Waals surface area (Å²) in [6.07, 6.45) is 1.65. The van der Waals surface area contributed by atoms with Crippen LogP contribution in [0, 0.1) is 0 Å². The number of nitrogens with one attached hydrogen (secondary N) is 2. The molecule has 0 fully saturated rings. The lowest BCUT2D eigenvalue weighted by atomic mass is 10.4. The smallest absolute Gasteiger partial charge is 0.213 e. The van der Waals surface area contributed by atoms with E-state index in [1.54, 1.807) is 19.3 Å². The number of pyridine rings is 1. The fourth-order valence-electron chi connectivity index (χ4n) is 0.981. The number of hydrogen-bond acceptors (Lipinski definition) is 4. The van der Waals surface area contributed by atoms with Crippen LogP contribution in [0.2, 0.25) is 0 Å². The predicted molar refractivity (Wildman–Crippen MR) is 59.7 cm³/mol. The first kappa shape index (κ1) is 11.3. The van der Waals surface area contributed by atoms with Crippen LogP contribution in [-0.2, 0) is 0 Å². The van der Waals surface area contributed by atoms with Crippen LogP contribution in [0.3, 0.4) is 0 Å². The number of nitrogens with two attached hydrogens (primary N) is 1. The van der Waals surface area contributed by atoms with E-state index in [9.17, 15) is 0 Å². The van der Waals surface area contributed by atoms with Crippen molar-refractivity contribution < 1.29 is 4.74 Å². The number of aliphatic imine (C=N–C) groups is 1. The molecule has 4 N–H and O–H groups in total. The third-order valence-electron chi connectivity index (χ3n) is 1.65. The molecule has 0 saturated heterocycles. The van der Waals surface area contributed by atoms with E-state index < -0.39 is 0 Å². The Morgan fingerprint density at radius 2 is 2.40 bits per heavy atom. The molecule has 82 valence electrons. The van der Waals surface area contributed by atoms with Crippen LogP contribution in [0.15, 0.2) is 23.3 Å². The van der Waals surface area contributed by atoms with Gasteiger partial charge in [-0.2, -0.15) is 0 Å². The molecule has 1 rings (SSSR count). The molecule has 1 heterocycles. The zero-order valence-corrected chi connectivity index (χ0v) is 8.82. The van der Waals surface area contributed by atoms with Gasteiger partial charge in [-0.3, -0.25) is 10.4 Å². The summed E-state index contributed by atoms with van der Waals surface area (Å²) in [5, 5.41) is 2.94. The first-order valence-corrected chi connectivity index (χ1v) is 4.59. The lowest BCUT2D eigenvalue weighted by Crippen LogP contribution is -2.36. The number of ether oxygens (including phenoxy) is 1. The van der Waals surface area contributed by atoms with E-state index in [0.29, 0.717) is 18.4 Å². The van der Waals surface area contributed by atoms with Crippen LogP contribution < -0.4 is 21.3 Å². The Morgan fingerprint density at radius 1 is 1.60 bits per heavy atom. The van der Waals surface area contributed by atoms with Crippen molar-refractivity contribution >= 4 is 11.6 Å². The molecule has 0 amide bonds. The average Bonchev–Trinajstić information content (AvgIpc) is 2.28. The summed E-state index contributed by atoms with van der Waals surface area (Å²) in [7, 11) is 1.63. The van der Waals surface area contributed by atoms with Crippen molar-refractivity contribution in [3.05, 3.63) is 18.3 Å². The molecule has 15 heavy (non-hydrogen) atoms. The number of anilines is 1. The summed E-state index contributed by atoms with van der Waals surface area (Å²) in [4.78, 5) is 7.95. The number of aromatic nitrogens is 1. The van der Waals surface area contributed by atoms with E-state index in [-0.39, 0.29) is 0 Å². The van der Waals surface area contributed by atoms with Gasteiger partial charge in [0.15, 0.2) is 0 Å². The number of hydrogen-bond donors (Lipinski definition) is 3. The summed E-state index contributed by atoms with van der Waals surface area (Å²) in [6, 6.07) is 3.61. The van der Waals surface area contributed by atoms with Gasteiger partial charge in [0.2, 0.25) is 11.8 Å². The maximum Gasteiger partial charge on any atom is 0.213 e. The maximum atomic E-state index is 5.22. The third kappa shape index (κ3) is 3.43. The molecular weight excluding hydrogens is 194 g/mol. The number of guanidine groups is 1. The molecule has 0 spiro atoms. The molecule has 1 aromatic rings. The summed E-state index contributed by atoms with van der Waals surface area (Å²) in [6.45, 7) is 2.51. The highest BCUT2D eigenvalue weighted by Gasteiger charge is 1.98. The Kier molecular flexibility index (Phi) is 4.36. The standard InChI is InChI=1S/C9H15N5O/c1-3-15-8-5-4-7(6-12-8)13-9(11-2)14-10/h4-6H,3,10H2,1-2H3,(H2,11,13,14). The highest BCUT2D eigenvalue weighted by molar-refractivity contribution is 5.92. The fraction of sp³-hybridized carbons (Fsp3) is 0.333. The number of hydrazine groups is 1. The second-order valence-electron chi connectivity index (χ2n) is 2.66. The minimum absolute atomic E-state index is 0.473. The quantitative estimate of drug-likeness (QED) is 0.289. The Bertz CT molecular complexity index is 322. The molecule has 0 bridgehead atoms. The second kappa shape index (κ2) is 5.82. The molecule has 6 nitrogen and oxygen atoms in total. The SMILES string of the molecule is CCOc1ccc(NC(=NC)NN)cn1. The monoisotopic (exact) mass is 209 g/mol. The van der Waals surface area contributed by atoms with Crippen molar-refractivity contribution in [3.8, 4) is 5.88 Å². The van der Waals surface area contributed by atoms with E-state index in [0.717, 1.165) is 5.69 Å². The summed E-state index contributed by atoms with van der Waals surface area (Å²) < 4.78 is 5.21. The Labute approximate surface area is 88.5 Å². The van der Waals surface area contributed by atoms with Crippen LogP contribution in [0.1, 0.15) is 6.92 Å². The van der Waals surface area contributed by atoms with Gasteiger partial charge in [0.1, 0.15) is 0 Å². The number of rotatable bonds is 3. The van der Waals surface area contributed by atoms with Crippen LogP contribution >= 0.6 is 0 Å².